The van der Waals surface area contributed by atoms with Crippen LogP contribution in [-0.4, -0.2) is 10.9 Å². The first kappa shape index (κ1) is 16.5. The van der Waals surface area contributed by atoms with Gasteiger partial charge in [0.15, 0.2) is 17.5 Å². The van der Waals surface area contributed by atoms with Crippen LogP contribution in [0.1, 0.15) is 15.9 Å². The van der Waals surface area contributed by atoms with Gasteiger partial charge in [0, 0.05) is 23.7 Å². The van der Waals surface area contributed by atoms with Crippen molar-refractivity contribution in [3.8, 4) is 0 Å². The van der Waals surface area contributed by atoms with Crippen LogP contribution in [0, 0.1) is 23.3 Å². The van der Waals surface area contributed by atoms with Gasteiger partial charge in [0.1, 0.15) is 16.1 Å². The first-order valence-electron chi connectivity index (χ1n) is 5.72. The van der Waals surface area contributed by atoms with Crippen molar-refractivity contribution >= 4 is 29.1 Å². The van der Waals surface area contributed by atoms with Crippen molar-refractivity contribution in [2.75, 3.05) is 0 Å². The number of nitrogens with zero attached hydrogens (tertiary/aromatic N) is 1. The second-order valence-corrected chi connectivity index (χ2v) is 4.91. The first-order valence-corrected chi connectivity index (χ1v) is 6.48. The molecule has 1 aromatic carbocycles. The van der Waals surface area contributed by atoms with Gasteiger partial charge < -0.3 is 5.32 Å². The summed E-state index contributed by atoms with van der Waals surface area (Å²) in [6, 6.07) is 2.56. The second kappa shape index (κ2) is 6.50. The number of amides is 1. The molecule has 0 unspecified atom stereocenters. The van der Waals surface area contributed by atoms with Gasteiger partial charge in [-0.15, -0.1) is 0 Å². The van der Waals surface area contributed by atoms with Crippen LogP contribution in [0.4, 0.5) is 17.6 Å². The standard InChI is InChI=1S/C13H6Cl2F4N2O/c14-9-1-5(2-10(15)21-9)13(22)20-4-6-7(16)3-8(17)12(19)11(6)18/h1-3H,4H2,(H,20,22). The fraction of sp³-hybridized carbons (Fsp3) is 0.0769. The molecule has 2 aromatic rings. The Morgan fingerprint density at radius 2 is 1.59 bits per heavy atom. The third-order valence-electron chi connectivity index (χ3n) is 2.66. The number of hydrogen-bond donors (Lipinski definition) is 1. The molecule has 0 radical (unpaired) electrons. The summed E-state index contributed by atoms with van der Waals surface area (Å²) in [5.41, 5.74) is -0.813. The van der Waals surface area contributed by atoms with Crippen molar-refractivity contribution in [1.29, 1.82) is 0 Å². The third kappa shape index (κ3) is 3.48. The van der Waals surface area contributed by atoms with Crippen molar-refractivity contribution in [2.24, 2.45) is 0 Å². The summed E-state index contributed by atoms with van der Waals surface area (Å²) in [7, 11) is 0. The van der Waals surface area contributed by atoms with E-state index in [0.29, 0.717) is 0 Å². The summed E-state index contributed by atoms with van der Waals surface area (Å²) >= 11 is 11.2. The molecule has 0 aliphatic heterocycles. The molecule has 0 spiro atoms. The smallest absolute Gasteiger partial charge is 0.251 e. The van der Waals surface area contributed by atoms with Crippen LogP contribution in [-0.2, 0) is 6.54 Å². The third-order valence-corrected chi connectivity index (χ3v) is 3.05. The van der Waals surface area contributed by atoms with Crippen molar-refractivity contribution in [3.05, 3.63) is 62.9 Å². The summed E-state index contributed by atoms with van der Waals surface area (Å²) in [6.45, 7) is -0.689. The fourth-order valence-electron chi connectivity index (χ4n) is 1.63. The maximum Gasteiger partial charge on any atom is 0.251 e. The minimum atomic E-state index is -1.82. The number of pyridine rings is 1. The molecule has 1 amide bonds. The number of benzene rings is 1. The van der Waals surface area contributed by atoms with Crippen LogP contribution in [0.15, 0.2) is 18.2 Å². The molecule has 0 atom stereocenters. The average molecular weight is 353 g/mol. The predicted molar refractivity (Wildman–Crippen MR) is 71.7 cm³/mol. The number of aromatic nitrogens is 1. The highest BCUT2D eigenvalue weighted by molar-refractivity contribution is 6.33. The molecule has 1 N–H and O–H groups in total. The highest BCUT2D eigenvalue weighted by atomic mass is 35.5. The topological polar surface area (TPSA) is 42.0 Å². The second-order valence-electron chi connectivity index (χ2n) is 4.13. The summed E-state index contributed by atoms with van der Waals surface area (Å²) in [5.74, 6) is -7.26. The van der Waals surface area contributed by atoms with Gasteiger partial charge in [-0.05, 0) is 12.1 Å². The zero-order valence-corrected chi connectivity index (χ0v) is 12.1. The van der Waals surface area contributed by atoms with Crippen molar-refractivity contribution in [2.45, 2.75) is 6.54 Å². The van der Waals surface area contributed by atoms with Crippen LogP contribution in [0.25, 0.3) is 0 Å². The van der Waals surface area contributed by atoms with Gasteiger partial charge in [-0.3, -0.25) is 4.79 Å². The summed E-state index contributed by atoms with van der Waals surface area (Å²) in [5, 5.41) is 2.04. The molecule has 9 heteroatoms. The van der Waals surface area contributed by atoms with Crippen molar-refractivity contribution in [1.82, 2.24) is 10.3 Å². The Morgan fingerprint density at radius 1 is 1.00 bits per heavy atom. The molecule has 116 valence electrons. The van der Waals surface area contributed by atoms with E-state index < -0.39 is 41.3 Å². The lowest BCUT2D eigenvalue weighted by Crippen LogP contribution is -2.24. The molecule has 3 nitrogen and oxygen atoms in total. The lowest BCUT2D eigenvalue weighted by molar-refractivity contribution is 0.0950. The normalized spacial score (nSPS) is 10.6. The Kier molecular flexibility index (Phi) is 4.87. The SMILES string of the molecule is O=C(NCc1c(F)cc(F)c(F)c1F)c1cc(Cl)nc(Cl)c1. The molecule has 22 heavy (non-hydrogen) atoms. The van der Waals surface area contributed by atoms with E-state index in [1.807, 2.05) is 0 Å². The van der Waals surface area contributed by atoms with Gasteiger partial charge in [-0.25, -0.2) is 22.5 Å². The molecule has 0 aliphatic rings. The van der Waals surface area contributed by atoms with Gasteiger partial charge in [-0.2, -0.15) is 0 Å². The quantitative estimate of drug-likeness (QED) is 0.394. The van der Waals surface area contributed by atoms with E-state index >= 15 is 0 Å². The average Bonchev–Trinajstić information content (AvgIpc) is 2.43. The van der Waals surface area contributed by atoms with Gasteiger partial charge in [0.2, 0.25) is 0 Å². The summed E-state index contributed by atoms with van der Waals surface area (Å²) in [4.78, 5) is 15.5. The minimum absolute atomic E-state index is 0.00611. The summed E-state index contributed by atoms with van der Waals surface area (Å²) < 4.78 is 52.7. The van der Waals surface area contributed by atoms with E-state index in [4.69, 9.17) is 23.2 Å². The Labute approximate surface area is 131 Å². The Bertz CT molecular complexity index is 735. The van der Waals surface area contributed by atoms with E-state index in [1.54, 1.807) is 0 Å². The molecule has 0 fully saturated rings. The van der Waals surface area contributed by atoms with Gasteiger partial charge in [0.25, 0.3) is 5.91 Å². The maximum absolute atomic E-state index is 13.4. The van der Waals surface area contributed by atoms with Gasteiger partial charge >= 0.3 is 0 Å². The van der Waals surface area contributed by atoms with E-state index in [2.05, 4.69) is 10.3 Å². The molecule has 0 bridgehead atoms. The number of carbonyl (C=O) groups excluding carboxylic acids is 1. The number of nitrogens with one attached hydrogen (secondary N) is 1. The lowest BCUT2D eigenvalue weighted by Gasteiger charge is -2.09. The maximum atomic E-state index is 13.4. The molecule has 2 rings (SSSR count). The molecule has 0 saturated heterocycles. The molecular formula is C13H6Cl2F4N2O. The Hall–Kier alpha value is -1.86. The number of hydrogen-bond acceptors (Lipinski definition) is 2. The largest absolute Gasteiger partial charge is 0.348 e. The first-order chi connectivity index (χ1) is 10.3. The monoisotopic (exact) mass is 352 g/mol. The van der Waals surface area contributed by atoms with Crippen LogP contribution in [0.3, 0.4) is 0 Å². The zero-order valence-electron chi connectivity index (χ0n) is 10.6. The van der Waals surface area contributed by atoms with Crippen LogP contribution < -0.4 is 5.32 Å². The van der Waals surface area contributed by atoms with Crippen LogP contribution in [0.5, 0.6) is 0 Å². The number of rotatable bonds is 3. The highest BCUT2D eigenvalue weighted by Gasteiger charge is 2.19. The fourth-order valence-corrected chi connectivity index (χ4v) is 2.09. The molecule has 0 saturated carbocycles. The number of halogens is 6. The van der Waals surface area contributed by atoms with Crippen LogP contribution in [0.2, 0.25) is 10.3 Å². The summed E-state index contributed by atoms with van der Waals surface area (Å²) in [6.07, 6.45) is 0. The molecule has 1 aromatic heterocycles. The van der Waals surface area contributed by atoms with Crippen molar-refractivity contribution in [3.63, 3.8) is 0 Å². The van der Waals surface area contributed by atoms with E-state index in [9.17, 15) is 22.4 Å². The Balaban J connectivity index is 2.20. The molecule has 0 aliphatic carbocycles. The zero-order chi connectivity index (χ0) is 16.4. The van der Waals surface area contributed by atoms with E-state index in [0.717, 1.165) is 0 Å². The molecular weight excluding hydrogens is 347 g/mol. The number of carbonyl (C=O) groups is 1. The van der Waals surface area contributed by atoms with E-state index in [1.165, 1.54) is 12.1 Å². The minimum Gasteiger partial charge on any atom is -0.348 e. The van der Waals surface area contributed by atoms with Crippen molar-refractivity contribution < 1.29 is 22.4 Å². The highest BCUT2D eigenvalue weighted by Crippen LogP contribution is 2.19. The molecule has 1 heterocycles. The van der Waals surface area contributed by atoms with Crippen LogP contribution >= 0.6 is 23.2 Å². The van der Waals surface area contributed by atoms with Gasteiger partial charge in [-0.1, -0.05) is 23.2 Å². The Morgan fingerprint density at radius 3 is 2.18 bits per heavy atom. The van der Waals surface area contributed by atoms with E-state index in [-0.39, 0.29) is 21.9 Å². The lowest BCUT2D eigenvalue weighted by atomic mass is 10.1. The predicted octanol–water partition coefficient (Wildman–Crippen LogP) is 3.87. The van der Waals surface area contributed by atoms with Gasteiger partial charge in [0.05, 0.1) is 0 Å².